The van der Waals surface area contributed by atoms with Gasteiger partial charge in [0.1, 0.15) is 17.0 Å². The van der Waals surface area contributed by atoms with Crippen molar-refractivity contribution in [2.75, 3.05) is 19.6 Å². The van der Waals surface area contributed by atoms with Gasteiger partial charge in [-0.3, -0.25) is 5.84 Å². The molecule has 6 heteroatoms. The van der Waals surface area contributed by atoms with Gasteiger partial charge in [0.05, 0.1) is 30.3 Å². The molecule has 3 rings (SSSR count). The lowest BCUT2D eigenvalue weighted by Gasteiger charge is -2.22. The highest BCUT2D eigenvalue weighted by atomic mass is 35.5. The number of pyridine rings is 1. The highest BCUT2D eigenvalue weighted by Crippen LogP contribution is 2.45. The van der Waals surface area contributed by atoms with E-state index in [0.717, 1.165) is 53.5 Å². The van der Waals surface area contributed by atoms with Gasteiger partial charge in [0.2, 0.25) is 0 Å². The van der Waals surface area contributed by atoms with Crippen LogP contribution in [0.5, 0.6) is 11.5 Å². The number of hydrazine groups is 1. The van der Waals surface area contributed by atoms with Crippen molar-refractivity contribution in [3.63, 3.8) is 0 Å². The zero-order chi connectivity index (χ0) is 15.0. The van der Waals surface area contributed by atoms with E-state index in [0.29, 0.717) is 16.5 Å². The normalized spacial score (nSPS) is 13.9. The van der Waals surface area contributed by atoms with Gasteiger partial charge >= 0.3 is 0 Å². The molecule has 2 aromatic rings. The summed E-state index contributed by atoms with van der Waals surface area (Å²) in [5, 5.41) is 1.26. The summed E-state index contributed by atoms with van der Waals surface area (Å²) < 4.78 is 10.9. The Morgan fingerprint density at radius 1 is 1.24 bits per heavy atom. The van der Waals surface area contributed by atoms with Crippen molar-refractivity contribution >= 4 is 28.2 Å². The second-order valence-corrected chi connectivity index (χ2v) is 5.49. The van der Waals surface area contributed by atoms with E-state index in [2.05, 4.69) is 5.43 Å². The molecule has 5 nitrogen and oxygen atoms in total. The number of halogens is 1. The number of anilines is 1. The van der Waals surface area contributed by atoms with Gasteiger partial charge in [0.25, 0.3) is 0 Å². The molecule has 0 atom stereocenters. The molecule has 3 N–H and O–H groups in total. The maximum Gasteiger partial charge on any atom is 0.149 e. The van der Waals surface area contributed by atoms with E-state index in [-0.39, 0.29) is 0 Å². The molecule has 0 aliphatic heterocycles. The summed E-state index contributed by atoms with van der Waals surface area (Å²) in [5.41, 5.74) is 6.61. The Hall–Kier alpha value is -1.72. The summed E-state index contributed by atoms with van der Waals surface area (Å²) in [7, 11) is 3.20. The minimum Gasteiger partial charge on any atom is -0.494 e. The average Bonchev–Trinajstić information content (AvgIpc) is 2.52. The monoisotopic (exact) mass is 307 g/mol. The zero-order valence-corrected chi connectivity index (χ0v) is 12.9. The van der Waals surface area contributed by atoms with Gasteiger partial charge in [0, 0.05) is 11.8 Å². The van der Waals surface area contributed by atoms with Gasteiger partial charge in [-0.1, -0.05) is 11.6 Å². The largest absolute Gasteiger partial charge is 0.494 e. The number of fused-ring (bicyclic) bond motifs is 2. The molecule has 0 saturated carbocycles. The van der Waals surface area contributed by atoms with E-state index in [1.165, 1.54) is 0 Å². The lowest BCUT2D eigenvalue weighted by molar-refractivity contribution is 0.410. The Labute approximate surface area is 128 Å². The molecular weight excluding hydrogens is 290 g/mol. The van der Waals surface area contributed by atoms with E-state index in [4.69, 9.17) is 31.9 Å². The summed E-state index contributed by atoms with van der Waals surface area (Å²) in [4.78, 5) is 4.79. The highest BCUT2D eigenvalue weighted by molar-refractivity contribution is 6.34. The van der Waals surface area contributed by atoms with Gasteiger partial charge in [-0.25, -0.2) is 4.98 Å². The number of rotatable bonds is 3. The SMILES string of the molecule is COc1cc(Cl)c(OC)c2c(NN)c3c(nc12)CCCC3. The third kappa shape index (κ3) is 2.17. The van der Waals surface area contributed by atoms with Crippen LogP contribution in [0, 0.1) is 0 Å². The molecule has 1 aliphatic rings. The third-order valence-corrected chi connectivity index (χ3v) is 4.26. The van der Waals surface area contributed by atoms with Crippen molar-refractivity contribution in [2.24, 2.45) is 5.84 Å². The number of aromatic nitrogens is 1. The lowest BCUT2D eigenvalue weighted by Crippen LogP contribution is -2.15. The highest BCUT2D eigenvalue weighted by Gasteiger charge is 2.23. The molecule has 112 valence electrons. The Bertz CT molecular complexity index is 703. The first-order valence-electron chi connectivity index (χ1n) is 6.93. The minimum atomic E-state index is 0.482. The predicted octanol–water partition coefficient (Wildman–Crippen LogP) is 3.07. The van der Waals surface area contributed by atoms with Gasteiger partial charge in [0.15, 0.2) is 0 Å². The first kappa shape index (κ1) is 14.2. The van der Waals surface area contributed by atoms with E-state index in [9.17, 15) is 0 Å². The van der Waals surface area contributed by atoms with Crippen LogP contribution in [-0.2, 0) is 12.8 Å². The predicted molar refractivity (Wildman–Crippen MR) is 84.3 cm³/mol. The van der Waals surface area contributed by atoms with Gasteiger partial charge < -0.3 is 14.9 Å². The number of nitrogens with two attached hydrogens (primary N) is 1. The summed E-state index contributed by atoms with van der Waals surface area (Å²) in [6.07, 6.45) is 4.18. The maximum atomic E-state index is 6.30. The number of nitrogen functional groups attached to an aromatic ring is 1. The lowest BCUT2D eigenvalue weighted by atomic mass is 9.92. The minimum absolute atomic E-state index is 0.482. The molecule has 1 aromatic carbocycles. The first-order valence-corrected chi connectivity index (χ1v) is 7.31. The van der Waals surface area contributed by atoms with Gasteiger partial charge in [-0.2, -0.15) is 0 Å². The van der Waals surface area contributed by atoms with Crippen LogP contribution in [0.15, 0.2) is 6.07 Å². The van der Waals surface area contributed by atoms with Crippen LogP contribution in [-0.4, -0.2) is 19.2 Å². The Kier molecular flexibility index (Phi) is 3.78. The van der Waals surface area contributed by atoms with Gasteiger partial charge in [-0.15, -0.1) is 0 Å². The standard InChI is InChI=1S/C15H18ClN3O2/c1-20-11-7-9(16)15(21-2)12-13(19-17)8-5-3-4-6-10(8)18-14(11)12/h7H,3-6,17H2,1-2H3,(H,18,19). The number of methoxy groups -OCH3 is 2. The number of hydrogen-bond acceptors (Lipinski definition) is 5. The fourth-order valence-corrected chi connectivity index (χ4v) is 3.30. The van der Waals surface area contributed by atoms with E-state index >= 15 is 0 Å². The van der Waals surface area contributed by atoms with Crippen molar-refractivity contribution in [1.29, 1.82) is 0 Å². The van der Waals surface area contributed by atoms with Crippen molar-refractivity contribution in [3.8, 4) is 11.5 Å². The summed E-state index contributed by atoms with van der Waals surface area (Å²) >= 11 is 6.30. The Morgan fingerprint density at radius 3 is 2.67 bits per heavy atom. The summed E-state index contributed by atoms with van der Waals surface area (Å²) in [6.45, 7) is 0. The van der Waals surface area contributed by atoms with E-state index < -0.39 is 0 Å². The second-order valence-electron chi connectivity index (χ2n) is 5.08. The molecule has 0 radical (unpaired) electrons. The summed E-state index contributed by atoms with van der Waals surface area (Å²) in [6, 6.07) is 1.73. The average molecular weight is 308 g/mol. The fourth-order valence-electron chi connectivity index (χ4n) is 3.02. The van der Waals surface area contributed by atoms with Crippen LogP contribution in [0.2, 0.25) is 5.02 Å². The number of nitrogens with zero attached hydrogens (tertiary/aromatic N) is 1. The van der Waals surface area contributed by atoms with E-state index in [1.807, 2.05) is 0 Å². The number of hydrogen-bond donors (Lipinski definition) is 2. The number of nitrogens with one attached hydrogen (secondary N) is 1. The molecule has 0 spiro atoms. The first-order chi connectivity index (χ1) is 10.2. The third-order valence-electron chi connectivity index (χ3n) is 3.98. The van der Waals surface area contributed by atoms with E-state index in [1.54, 1.807) is 20.3 Å². The van der Waals surface area contributed by atoms with Crippen molar-refractivity contribution in [3.05, 3.63) is 22.3 Å². The number of aryl methyl sites for hydroxylation is 1. The molecule has 0 bridgehead atoms. The van der Waals surface area contributed by atoms with Crippen molar-refractivity contribution < 1.29 is 9.47 Å². The quantitative estimate of drug-likeness (QED) is 0.673. The molecule has 1 heterocycles. The second kappa shape index (κ2) is 5.58. The molecule has 0 saturated heterocycles. The Balaban J connectivity index is 2.46. The van der Waals surface area contributed by atoms with Gasteiger partial charge in [-0.05, 0) is 31.2 Å². The zero-order valence-electron chi connectivity index (χ0n) is 12.1. The molecule has 0 fully saturated rings. The topological polar surface area (TPSA) is 69.4 Å². The smallest absolute Gasteiger partial charge is 0.149 e. The molecule has 0 unspecified atom stereocenters. The van der Waals surface area contributed by atoms with Crippen LogP contribution in [0.4, 0.5) is 5.69 Å². The van der Waals surface area contributed by atoms with Crippen LogP contribution >= 0.6 is 11.6 Å². The van der Waals surface area contributed by atoms with Crippen molar-refractivity contribution in [1.82, 2.24) is 4.98 Å². The molecule has 21 heavy (non-hydrogen) atoms. The van der Waals surface area contributed by atoms with Crippen LogP contribution in [0.1, 0.15) is 24.1 Å². The molecule has 1 aromatic heterocycles. The van der Waals surface area contributed by atoms with Crippen LogP contribution in [0.25, 0.3) is 10.9 Å². The maximum absolute atomic E-state index is 6.30. The number of ether oxygens (including phenoxy) is 2. The molecule has 0 amide bonds. The summed E-state index contributed by atoms with van der Waals surface area (Å²) in [5.74, 6) is 6.98. The Morgan fingerprint density at radius 2 is 2.00 bits per heavy atom. The van der Waals surface area contributed by atoms with Crippen LogP contribution in [0.3, 0.4) is 0 Å². The fraction of sp³-hybridized carbons (Fsp3) is 0.400. The van der Waals surface area contributed by atoms with Crippen LogP contribution < -0.4 is 20.7 Å². The molecule has 1 aliphatic carbocycles. The van der Waals surface area contributed by atoms with Crippen molar-refractivity contribution in [2.45, 2.75) is 25.7 Å². The molecular formula is C15H18ClN3O2. The number of benzene rings is 1.